The summed E-state index contributed by atoms with van der Waals surface area (Å²) in [5, 5.41) is 68.7. The van der Waals surface area contributed by atoms with Gasteiger partial charge in [-0.15, -0.1) is 0 Å². The van der Waals surface area contributed by atoms with Crippen LogP contribution < -0.4 is 10.2 Å². The highest BCUT2D eigenvalue weighted by molar-refractivity contribution is 5.86. The zero-order valence-electron chi connectivity index (χ0n) is 16.3. The van der Waals surface area contributed by atoms with Crippen LogP contribution in [-0.4, -0.2) is 73.1 Å². The van der Waals surface area contributed by atoms with Gasteiger partial charge in [0.1, 0.15) is 52.6 Å². The third-order valence-corrected chi connectivity index (χ3v) is 5.13. The number of benzene rings is 2. The van der Waals surface area contributed by atoms with E-state index in [1.165, 1.54) is 18.2 Å². The summed E-state index contributed by atoms with van der Waals surface area (Å²) in [6, 6.07) is 7.19. The van der Waals surface area contributed by atoms with E-state index in [1.54, 1.807) is 0 Å². The van der Waals surface area contributed by atoms with Crippen molar-refractivity contribution in [3.8, 4) is 34.3 Å². The Morgan fingerprint density at radius 1 is 0.906 bits per heavy atom. The maximum absolute atomic E-state index is 12.4. The number of phenols is 3. The van der Waals surface area contributed by atoms with Crippen LogP contribution in [-0.2, 0) is 4.74 Å². The molecule has 2 aromatic carbocycles. The number of phenolic OH excluding ortho intramolecular Hbond substituents is 3. The Labute approximate surface area is 179 Å². The van der Waals surface area contributed by atoms with E-state index < -0.39 is 54.2 Å². The molecule has 0 aliphatic carbocycles. The highest BCUT2D eigenvalue weighted by Crippen LogP contribution is 2.35. The monoisotopic (exact) mass is 448 g/mol. The van der Waals surface area contributed by atoms with Crippen LogP contribution in [0.4, 0.5) is 0 Å². The lowest BCUT2D eigenvalue weighted by atomic mass is 9.99. The van der Waals surface area contributed by atoms with Gasteiger partial charge in [-0.2, -0.15) is 0 Å². The van der Waals surface area contributed by atoms with Crippen LogP contribution >= 0.6 is 0 Å². The molecule has 0 radical (unpaired) electrons. The van der Waals surface area contributed by atoms with E-state index in [0.717, 1.165) is 18.2 Å². The predicted molar refractivity (Wildman–Crippen MR) is 107 cm³/mol. The minimum atomic E-state index is -1.66. The van der Waals surface area contributed by atoms with Crippen molar-refractivity contribution < 1.29 is 49.6 Å². The molecule has 1 fully saturated rings. The summed E-state index contributed by atoms with van der Waals surface area (Å²) in [5.74, 6) is -1.30. The molecule has 0 bridgehead atoms. The average molecular weight is 448 g/mol. The van der Waals surface area contributed by atoms with Crippen LogP contribution in [0.1, 0.15) is 0 Å². The second kappa shape index (κ2) is 8.30. The minimum absolute atomic E-state index is 0.0298. The number of hydrogen-bond acceptors (Lipinski definition) is 11. The fourth-order valence-electron chi connectivity index (χ4n) is 3.46. The summed E-state index contributed by atoms with van der Waals surface area (Å²) in [5.41, 5.74) is -0.378. The van der Waals surface area contributed by atoms with E-state index in [-0.39, 0.29) is 33.8 Å². The molecule has 1 aliphatic rings. The van der Waals surface area contributed by atoms with Crippen molar-refractivity contribution in [2.45, 2.75) is 30.7 Å². The third-order valence-electron chi connectivity index (χ3n) is 5.13. The average Bonchev–Trinajstić information content (AvgIpc) is 2.74. The van der Waals surface area contributed by atoms with Gasteiger partial charge in [-0.05, 0) is 18.2 Å². The van der Waals surface area contributed by atoms with Crippen LogP contribution in [0.25, 0.3) is 22.3 Å². The summed E-state index contributed by atoms with van der Waals surface area (Å²) >= 11 is 0. The lowest BCUT2D eigenvalue weighted by molar-refractivity contribution is -0.277. The zero-order chi connectivity index (χ0) is 23.2. The van der Waals surface area contributed by atoms with Gasteiger partial charge in [-0.1, -0.05) is 0 Å². The molecule has 4 rings (SSSR count). The molecule has 2 heterocycles. The maximum atomic E-state index is 12.4. The Hall–Kier alpha value is -3.35. The van der Waals surface area contributed by atoms with Gasteiger partial charge >= 0.3 is 0 Å². The molecule has 11 nitrogen and oxygen atoms in total. The second-order valence-electron chi connectivity index (χ2n) is 7.31. The molecular formula is C21H20O11. The van der Waals surface area contributed by atoms with E-state index in [4.69, 9.17) is 13.9 Å². The van der Waals surface area contributed by atoms with Gasteiger partial charge in [-0.25, -0.2) is 0 Å². The van der Waals surface area contributed by atoms with E-state index in [0.29, 0.717) is 0 Å². The second-order valence-corrected chi connectivity index (χ2v) is 7.31. The number of fused-ring (bicyclic) bond motifs is 1. The van der Waals surface area contributed by atoms with Gasteiger partial charge in [0, 0.05) is 23.8 Å². The summed E-state index contributed by atoms with van der Waals surface area (Å²) in [6.45, 7) is -0.637. The molecule has 1 aromatic heterocycles. The fraction of sp³-hybridized carbons (Fsp3) is 0.286. The van der Waals surface area contributed by atoms with Crippen molar-refractivity contribution in [2.24, 2.45) is 0 Å². The number of aromatic hydroxyl groups is 3. The first-order valence-corrected chi connectivity index (χ1v) is 9.50. The topological polar surface area (TPSA) is 190 Å². The van der Waals surface area contributed by atoms with Crippen molar-refractivity contribution >= 4 is 11.0 Å². The van der Waals surface area contributed by atoms with Gasteiger partial charge in [0.15, 0.2) is 16.9 Å². The van der Waals surface area contributed by atoms with Crippen molar-refractivity contribution in [3.63, 3.8) is 0 Å². The maximum Gasteiger partial charge on any atom is 0.229 e. The zero-order valence-corrected chi connectivity index (χ0v) is 16.3. The Morgan fingerprint density at radius 3 is 2.34 bits per heavy atom. The van der Waals surface area contributed by atoms with E-state index >= 15 is 0 Å². The fourth-order valence-corrected chi connectivity index (χ4v) is 3.46. The molecule has 0 saturated carbocycles. The highest BCUT2D eigenvalue weighted by Gasteiger charge is 2.44. The number of rotatable bonds is 4. The van der Waals surface area contributed by atoms with Crippen LogP contribution in [0.5, 0.6) is 23.0 Å². The van der Waals surface area contributed by atoms with Crippen LogP contribution in [0, 0.1) is 0 Å². The van der Waals surface area contributed by atoms with Crippen molar-refractivity contribution in [1.29, 1.82) is 0 Å². The summed E-state index contributed by atoms with van der Waals surface area (Å²) < 4.78 is 16.2. The number of aliphatic hydroxyl groups excluding tert-OH is 4. The predicted octanol–water partition coefficient (Wildman–Crippen LogP) is -0.245. The van der Waals surface area contributed by atoms with E-state index in [1.807, 2.05) is 0 Å². The molecule has 1 saturated heterocycles. The molecular weight excluding hydrogens is 428 g/mol. The standard InChI is InChI=1S/C21H20O11/c22-7-16-18(27)19(28)20(29)21(32-16)31-13-2-1-8(3-10(13)24)14-6-12(26)17-11(25)4-9(23)5-15(17)30-14/h1-6,16,18-25,27-29H,7H2/t16-,18-,19-,20-,21+/m1/s1. The highest BCUT2D eigenvalue weighted by atomic mass is 16.7. The van der Waals surface area contributed by atoms with Gasteiger partial charge < -0.3 is 49.6 Å². The number of aliphatic hydroxyl groups is 4. The van der Waals surface area contributed by atoms with Gasteiger partial charge in [0.25, 0.3) is 0 Å². The molecule has 1 aliphatic heterocycles. The Kier molecular flexibility index (Phi) is 5.67. The Bertz CT molecular complexity index is 1200. The van der Waals surface area contributed by atoms with Gasteiger partial charge in [0.05, 0.1) is 6.61 Å². The van der Waals surface area contributed by atoms with Crippen molar-refractivity contribution in [1.82, 2.24) is 0 Å². The molecule has 170 valence electrons. The van der Waals surface area contributed by atoms with E-state index in [9.17, 15) is 40.5 Å². The first kappa shape index (κ1) is 21.9. The largest absolute Gasteiger partial charge is 0.508 e. The molecule has 7 N–H and O–H groups in total. The third kappa shape index (κ3) is 3.83. The lowest BCUT2D eigenvalue weighted by Crippen LogP contribution is -2.60. The summed E-state index contributed by atoms with van der Waals surface area (Å²) in [7, 11) is 0. The first-order chi connectivity index (χ1) is 15.2. The first-order valence-electron chi connectivity index (χ1n) is 9.50. The Morgan fingerprint density at radius 2 is 1.66 bits per heavy atom. The molecule has 0 spiro atoms. The smallest absolute Gasteiger partial charge is 0.229 e. The van der Waals surface area contributed by atoms with Crippen LogP contribution in [0.15, 0.2) is 45.6 Å². The molecule has 3 aromatic rings. The molecule has 32 heavy (non-hydrogen) atoms. The summed E-state index contributed by atoms with van der Waals surface area (Å²) in [4.78, 5) is 12.4. The quantitative estimate of drug-likeness (QED) is 0.279. The Balaban J connectivity index is 1.64. The molecule has 5 atom stereocenters. The van der Waals surface area contributed by atoms with Crippen molar-refractivity contribution in [3.05, 3.63) is 46.6 Å². The molecule has 0 amide bonds. The van der Waals surface area contributed by atoms with Gasteiger partial charge in [-0.3, -0.25) is 4.79 Å². The number of ether oxygens (including phenoxy) is 2. The van der Waals surface area contributed by atoms with Crippen molar-refractivity contribution in [2.75, 3.05) is 6.61 Å². The molecule has 0 unspecified atom stereocenters. The lowest BCUT2D eigenvalue weighted by Gasteiger charge is -2.39. The minimum Gasteiger partial charge on any atom is -0.508 e. The van der Waals surface area contributed by atoms with Crippen LogP contribution in [0.2, 0.25) is 0 Å². The van der Waals surface area contributed by atoms with E-state index in [2.05, 4.69) is 0 Å². The summed E-state index contributed by atoms with van der Waals surface area (Å²) in [6.07, 6.45) is -7.54. The van der Waals surface area contributed by atoms with Gasteiger partial charge in [0.2, 0.25) is 6.29 Å². The number of hydrogen-bond donors (Lipinski definition) is 7. The normalized spacial score (nSPS) is 25.7. The SMILES string of the molecule is O=c1cc(-c2ccc(O[C@H]3O[C@H](CO)[C@@H](O)[C@@H](O)[C@H]3O)c(O)c2)oc2cc(O)cc(O)c12. The van der Waals surface area contributed by atoms with Crippen LogP contribution in [0.3, 0.4) is 0 Å². The molecule has 11 heteroatoms.